The molecular formula is C11H10BrF2NO5. The van der Waals surface area contributed by atoms with Crippen molar-refractivity contribution in [2.75, 3.05) is 6.61 Å². The number of benzene rings is 1. The topological polar surface area (TPSA) is 78.7 Å². The number of hydrogen-bond donors (Lipinski definition) is 0. The zero-order valence-corrected chi connectivity index (χ0v) is 11.9. The van der Waals surface area contributed by atoms with E-state index >= 15 is 0 Å². The Morgan fingerprint density at radius 3 is 2.60 bits per heavy atom. The van der Waals surface area contributed by atoms with E-state index in [-0.39, 0.29) is 28.8 Å². The number of halogens is 3. The van der Waals surface area contributed by atoms with Crippen molar-refractivity contribution in [3.8, 4) is 5.75 Å². The number of rotatable bonds is 6. The van der Waals surface area contributed by atoms with Crippen LogP contribution in [0.25, 0.3) is 0 Å². The molecule has 6 nitrogen and oxygen atoms in total. The summed E-state index contributed by atoms with van der Waals surface area (Å²) >= 11 is 3.04. The van der Waals surface area contributed by atoms with Crippen molar-refractivity contribution in [3.63, 3.8) is 0 Å². The second-order valence-electron chi connectivity index (χ2n) is 3.47. The van der Waals surface area contributed by atoms with E-state index in [1.54, 1.807) is 6.92 Å². The van der Waals surface area contributed by atoms with Crippen LogP contribution in [0.5, 0.6) is 5.75 Å². The van der Waals surface area contributed by atoms with Crippen molar-refractivity contribution in [3.05, 3.63) is 33.4 Å². The Bertz CT molecular complexity index is 524. The number of alkyl halides is 3. The van der Waals surface area contributed by atoms with Crippen molar-refractivity contribution in [2.24, 2.45) is 0 Å². The molecule has 0 aliphatic carbocycles. The van der Waals surface area contributed by atoms with Crippen molar-refractivity contribution in [1.29, 1.82) is 0 Å². The predicted molar refractivity (Wildman–Crippen MR) is 68.3 cm³/mol. The van der Waals surface area contributed by atoms with Gasteiger partial charge in [-0.3, -0.25) is 10.1 Å². The van der Waals surface area contributed by atoms with Crippen molar-refractivity contribution in [1.82, 2.24) is 0 Å². The van der Waals surface area contributed by atoms with Crippen molar-refractivity contribution in [2.45, 2.75) is 18.9 Å². The lowest BCUT2D eigenvalue weighted by atomic mass is 10.1. The predicted octanol–water partition coefficient (Wildman–Crippen LogP) is 3.27. The highest BCUT2D eigenvalue weighted by Crippen LogP contribution is 2.32. The van der Waals surface area contributed by atoms with Crippen LogP contribution in [0.4, 0.5) is 14.5 Å². The first-order valence-electron chi connectivity index (χ1n) is 5.39. The third kappa shape index (κ3) is 3.86. The van der Waals surface area contributed by atoms with Gasteiger partial charge in [-0.1, -0.05) is 15.9 Å². The Hall–Kier alpha value is -1.77. The van der Waals surface area contributed by atoms with Crippen LogP contribution >= 0.6 is 15.9 Å². The molecular weight excluding hydrogens is 344 g/mol. The number of hydrogen-bond acceptors (Lipinski definition) is 5. The van der Waals surface area contributed by atoms with Gasteiger partial charge in [0.15, 0.2) is 0 Å². The molecule has 9 heteroatoms. The molecule has 0 radical (unpaired) electrons. The highest BCUT2D eigenvalue weighted by atomic mass is 79.9. The van der Waals surface area contributed by atoms with Crippen LogP contribution in [0, 0.1) is 10.1 Å². The SMILES string of the molecule is CCOC(=O)c1cc(CBr)c(OC(F)F)cc1[N+](=O)[O-]. The van der Waals surface area contributed by atoms with Gasteiger partial charge in [-0.05, 0) is 13.0 Å². The Morgan fingerprint density at radius 1 is 1.50 bits per heavy atom. The maximum Gasteiger partial charge on any atom is 0.387 e. The maximum atomic E-state index is 12.3. The monoisotopic (exact) mass is 353 g/mol. The standard InChI is InChI=1S/C11H10BrF2NO5/c1-2-19-10(16)7-3-6(5-12)9(20-11(13)14)4-8(7)15(17)18/h3-4,11H,2,5H2,1H3. The molecule has 110 valence electrons. The number of esters is 1. The van der Waals surface area contributed by atoms with Gasteiger partial charge < -0.3 is 9.47 Å². The van der Waals surface area contributed by atoms with E-state index in [0.717, 1.165) is 12.1 Å². The summed E-state index contributed by atoms with van der Waals surface area (Å²) in [6.07, 6.45) is 0. The van der Waals surface area contributed by atoms with E-state index in [9.17, 15) is 23.7 Å². The number of nitrogens with zero attached hydrogens (tertiary/aromatic N) is 1. The first-order valence-corrected chi connectivity index (χ1v) is 6.52. The molecule has 1 aromatic carbocycles. The highest BCUT2D eigenvalue weighted by molar-refractivity contribution is 9.08. The molecule has 1 rings (SSSR count). The number of carbonyl (C=O) groups excluding carboxylic acids is 1. The molecule has 1 aromatic rings. The van der Waals surface area contributed by atoms with Gasteiger partial charge in [0.25, 0.3) is 5.69 Å². The minimum absolute atomic E-state index is 0.0366. The molecule has 0 saturated carbocycles. The summed E-state index contributed by atoms with van der Waals surface area (Å²) in [5, 5.41) is 11.0. The lowest BCUT2D eigenvalue weighted by Gasteiger charge is -2.11. The number of nitro benzene ring substituents is 1. The second kappa shape index (κ2) is 7.13. The highest BCUT2D eigenvalue weighted by Gasteiger charge is 2.25. The molecule has 0 aliphatic rings. The Morgan fingerprint density at radius 2 is 2.15 bits per heavy atom. The lowest BCUT2D eigenvalue weighted by molar-refractivity contribution is -0.385. The Labute approximate surface area is 120 Å². The largest absolute Gasteiger partial charge is 0.462 e. The fourth-order valence-corrected chi connectivity index (χ4v) is 1.89. The van der Waals surface area contributed by atoms with Crippen LogP contribution in [0.3, 0.4) is 0 Å². The normalized spacial score (nSPS) is 10.4. The second-order valence-corrected chi connectivity index (χ2v) is 4.03. The molecule has 0 aliphatic heterocycles. The first-order chi connectivity index (χ1) is 9.40. The summed E-state index contributed by atoms with van der Waals surface area (Å²) in [6, 6.07) is 1.89. The molecule has 20 heavy (non-hydrogen) atoms. The van der Waals surface area contributed by atoms with Crippen LogP contribution in [-0.4, -0.2) is 24.1 Å². The van der Waals surface area contributed by atoms with Gasteiger partial charge in [-0.2, -0.15) is 8.78 Å². The van der Waals surface area contributed by atoms with Crippen LogP contribution < -0.4 is 4.74 Å². The molecule has 0 amide bonds. The Balaban J connectivity index is 3.37. The molecule has 0 unspecified atom stereocenters. The maximum absolute atomic E-state index is 12.3. The van der Waals surface area contributed by atoms with E-state index in [2.05, 4.69) is 20.7 Å². The summed E-state index contributed by atoms with van der Waals surface area (Å²) in [7, 11) is 0. The van der Waals surface area contributed by atoms with Gasteiger partial charge in [-0.25, -0.2) is 4.79 Å². The minimum atomic E-state index is -3.12. The van der Waals surface area contributed by atoms with Gasteiger partial charge in [0.1, 0.15) is 11.3 Å². The fraction of sp³-hybridized carbons (Fsp3) is 0.364. The Kier molecular flexibility index (Phi) is 5.81. The van der Waals surface area contributed by atoms with Gasteiger partial charge in [0.2, 0.25) is 0 Å². The third-order valence-corrected chi connectivity index (χ3v) is 2.83. The number of carbonyl (C=O) groups is 1. The molecule has 0 spiro atoms. The zero-order chi connectivity index (χ0) is 15.3. The van der Waals surface area contributed by atoms with E-state index < -0.39 is 23.2 Å². The van der Waals surface area contributed by atoms with E-state index in [1.807, 2.05) is 0 Å². The molecule has 0 atom stereocenters. The smallest absolute Gasteiger partial charge is 0.387 e. The van der Waals surface area contributed by atoms with Gasteiger partial charge in [-0.15, -0.1) is 0 Å². The average Bonchev–Trinajstić information content (AvgIpc) is 2.37. The molecule has 0 fully saturated rings. The summed E-state index contributed by atoms with van der Waals surface area (Å²) < 4.78 is 33.4. The molecule has 0 N–H and O–H groups in total. The molecule has 0 saturated heterocycles. The van der Waals surface area contributed by atoms with E-state index in [0.29, 0.717) is 0 Å². The first kappa shape index (κ1) is 16.3. The van der Waals surface area contributed by atoms with Crippen molar-refractivity contribution < 1.29 is 28.0 Å². The van der Waals surface area contributed by atoms with E-state index in [4.69, 9.17) is 4.74 Å². The van der Waals surface area contributed by atoms with Crippen LogP contribution in [-0.2, 0) is 10.1 Å². The van der Waals surface area contributed by atoms with E-state index in [1.165, 1.54) is 0 Å². The number of ether oxygens (including phenoxy) is 2. The van der Waals surface area contributed by atoms with Crippen LogP contribution in [0.2, 0.25) is 0 Å². The molecule has 0 bridgehead atoms. The van der Waals surface area contributed by atoms with Crippen molar-refractivity contribution >= 4 is 27.6 Å². The minimum Gasteiger partial charge on any atom is -0.462 e. The lowest BCUT2D eigenvalue weighted by Crippen LogP contribution is -2.11. The van der Waals surface area contributed by atoms with Gasteiger partial charge >= 0.3 is 12.6 Å². The molecule has 0 heterocycles. The summed E-state index contributed by atoms with van der Waals surface area (Å²) in [5.41, 5.74) is -0.782. The quantitative estimate of drug-likeness (QED) is 0.339. The third-order valence-electron chi connectivity index (χ3n) is 2.23. The van der Waals surface area contributed by atoms with Crippen LogP contribution in [0.15, 0.2) is 12.1 Å². The summed E-state index contributed by atoms with van der Waals surface area (Å²) in [4.78, 5) is 21.7. The summed E-state index contributed by atoms with van der Waals surface area (Å²) in [6.45, 7) is -1.54. The average molecular weight is 354 g/mol. The fourth-order valence-electron chi connectivity index (χ4n) is 1.45. The molecule has 0 aromatic heterocycles. The number of nitro groups is 1. The van der Waals surface area contributed by atoms with Crippen LogP contribution in [0.1, 0.15) is 22.8 Å². The summed E-state index contributed by atoms with van der Waals surface area (Å²) in [5.74, 6) is -1.26. The zero-order valence-electron chi connectivity index (χ0n) is 10.3. The van der Waals surface area contributed by atoms with Gasteiger partial charge in [0, 0.05) is 10.9 Å². The van der Waals surface area contributed by atoms with Gasteiger partial charge in [0.05, 0.1) is 17.6 Å².